The summed E-state index contributed by atoms with van der Waals surface area (Å²) in [5.41, 5.74) is 0.696. The predicted octanol–water partition coefficient (Wildman–Crippen LogP) is 2.75. The molecule has 1 heterocycles. The SMILES string of the molecule is C=CCCC(=O)Nc1cccnc1Br. The fourth-order valence-electron chi connectivity index (χ4n) is 0.925. The smallest absolute Gasteiger partial charge is 0.224 e. The van der Waals surface area contributed by atoms with Crippen molar-refractivity contribution < 1.29 is 4.79 Å². The van der Waals surface area contributed by atoms with Crippen LogP contribution in [0.4, 0.5) is 5.69 Å². The van der Waals surface area contributed by atoms with Crippen molar-refractivity contribution in [1.82, 2.24) is 4.98 Å². The van der Waals surface area contributed by atoms with Crippen LogP contribution in [-0.2, 0) is 4.79 Å². The van der Waals surface area contributed by atoms with E-state index in [1.807, 2.05) is 0 Å². The third kappa shape index (κ3) is 3.30. The molecule has 0 atom stereocenters. The molecular weight excluding hydrogens is 244 g/mol. The Morgan fingerprint density at radius 3 is 3.14 bits per heavy atom. The van der Waals surface area contributed by atoms with Crippen LogP contribution in [0.2, 0.25) is 0 Å². The molecule has 14 heavy (non-hydrogen) atoms. The van der Waals surface area contributed by atoms with Crippen LogP contribution in [0.1, 0.15) is 12.8 Å². The molecule has 0 aromatic carbocycles. The zero-order valence-electron chi connectivity index (χ0n) is 7.66. The monoisotopic (exact) mass is 254 g/mol. The Kier molecular flexibility index (Phi) is 4.32. The fraction of sp³-hybridized carbons (Fsp3) is 0.200. The number of carbonyl (C=O) groups is 1. The number of aromatic nitrogens is 1. The lowest BCUT2D eigenvalue weighted by molar-refractivity contribution is -0.116. The van der Waals surface area contributed by atoms with E-state index >= 15 is 0 Å². The standard InChI is InChI=1S/C10H11BrN2O/c1-2-3-6-9(14)13-8-5-4-7-12-10(8)11/h2,4-5,7H,1,3,6H2,(H,13,14). The van der Waals surface area contributed by atoms with Crippen molar-refractivity contribution >= 4 is 27.5 Å². The Balaban J connectivity index is 2.56. The molecule has 0 aliphatic rings. The Bertz CT molecular complexity index is 339. The zero-order valence-corrected chi connectivity index (χ0v) is 9.25. The van der Waals surface area contributed by atoms with Gasteiger partial charge in [-0.15, -0.1) is 6.58 Å². The van der Waals surface area contributed by atoms with Crippen molar-refractivity contribution in [2.75, 3.05) is 5.32 Å². The van der Waals surface area contributed by atoms with Gasteiger partial charge in [0.05, 0.1) is 5.69 Å². The molecule has 4 heteroatoms. The van der Waals surface area contributed by atoms with Crippen molar-refractivity contribution in [3.8, 4) is 0 Å². The number of hydrogen-bond acceptors (Lipinski definition) is 2. The van der Waals surface area contributed by atoms with Crippen LogP contribution in [0.5, 0.6) is 0 Å². The lowest BCUT2D eigenvalue weighted by Crippen LogP contribution is -2.11. The fourth-order valence-corrected chi connectivity index (χ4v) is 1.27. The normalized spacial score (nSPS) is 9.50. The highest BCUT2D eigenvalue weighted by atomic mass is 79.9. The van der Waals surface area contributed by atoms with Crippen LogP contribution in [0.15, 0.2) is 35.6 Å². The van der Waals surface area contributed by atoms with E-state index in [1.54, 1.807) is 24.4 Å². The molecule has 0 spiro atoms. The van der Waals surface area contributed by atoms with Gasteiger partial charge in [-0.3, -0.25) is 4.79 Å². The van der Waals surface area contributed by atoms with Crippen LogP contribution in [0.3, 0.4) is 0 Å². The quantitative estimate of drug-likeness (QED) is 0.664. The Morgan fingerprint density at radius 1 is 1.71 bits per heavy atom. The molecule has 0 saturated heterocycles. The summed E-state index contributed by atoms with van der Waals surface area (Å²) >= 11 is 3.25. The first-order valence-corrected chi connectivity index (χ1v) is 5.04. The first-order valence-electron chi connectivity index (χ1n) is 4.25. The van der Waals surface area contributed by atoms with Crippen LogP contribution in [0, 0.1) is 0 Å². The van der Waals surface area contributed by atoms with Crippen LogP contribution in [-0.4, -0.2) is 10.9 Å². The third-order valence-corrected chi connectivity index (χ3v) is 2.24. The molecule has 0 fully saturated rings. The molecule has 1 aromatic rings. The van der Waals surface area contributed by atoms with Gasteiger partial charge in [-0.2, -0.15) is 0 Å². The van der Waals surface area contributed by atoms with E-state index in [-0.39, 0.29) is 5.91 Å². The van der Waals surface area contributed by atoms with E-state index in [0.717, 1.165) is 0 Å². The zero-order chi connectivity index (χ0) is 10.4. The summed E-state index contributed by atoms with van der Waals surface area (Å²) in [6.07, 6.45) is 4.51. The maximum atomic E-state index is 11.3. The average molecular weight is 255 g/mol. The van der Waals surface area contributed by atoms with Gasteiger partial charge in [0, 0.05) is 12.6 Å². The summed E-state index contributed by atoms with van der Waals surface area (Å²) in [4.78, 5) is 15.3. The van der Waals surface area contributed by atoms with Gasteiger partial charge in [-0.1, -0.05) is 6.08 Å². The van der Waals surface area contributed by atoms with Gasteiger partial charge >= 0.3 is 0 Å². The first kappa shape index (κ1) is 10.9. The number of carbonyl (C=O) groups excluding carboxylic acids is 1. The number of halogens is 1. The number of hydrogen-bond donors (Lipinski definition) is 1. The van der Waals surface area contributed by atoms with E-state index in [4.69, 9.17) is 0 Å². The molecule has 74 valence electrons. The summed E-state index contributed by atoms with van der Waals surface area (Å²) in [7, 11) is 0. The minimum absolute atomic E-state index is 0.0291. The Hall–Kier alpha value is -1.16. The van der Waals surface area contributed by atoms with E-state index in [0.29, 0.717) is 23.1 Å². The molecule has 1 aromatic heterocycles. The van der Waals surface area contributed by atoms with E-state index in [1.165, 1.54) is 0 Å². The molecule has 0 bridgehead atoms. The van der Waals surface area contributed by atoms with E-state index in [2.05, 4.69) is 32.8 Å². The molecule has 3 nitrogen and oxygen atoms in total. The van der Waals surface area contributed by atoms with Crippen molar-refractivity contribution in [3.63, 3.8) is 0 Å². The number of amides is 1. The van der Waals surface area contributed by atoms with Gasteiger partial charge in [0.1, 0.15) is 4.60 Å². The average Bonchev–Trinajstić information content (AvgIpc) is 2.18. The summed E-state index contributed by atoms with van der Waals surface area (Å²) in [6, 6.07) is 3.57. The molecule has 1 N–H and O–H groups in total. The highest BCUT2D eigenvalue weighted by Gasteiger charge is 2.03. The highest BCUT2D eigenvalue weighted by molar-refractivity contribution is 9.10. The lowest BCUT2D eigenvalue weighted by Gasteiger charge is -2.04. The van der Waals surface area contributed by atoms with Crippen molar-refractivity contribution in [2.24, 2.45) is 0 Å². The number of rotatable bonds is 4. The van der Waals surface area contributed by atoms with E-state index in [9.17, 15) is 4.79 Å². The number of nitrogens with one attached hydrogen (secondary N) is 1. The molecular formula is C10H11BrN2O. The number of nitrogens with zero attached hydrogens (tertiary/aromatic N) is 1. The maximum Gasteiger partial charge on any atom is 0.224 e. The van der Waals surface area contributed by atoms with Crippen LogP contribution < -0.4 is 5.32 Å². The minimum Gasteiger partial charge on any atom is -0.324 e. The second-order valence-corrected chi connectivity index (χ2v) is 3.47. The largest absolute Gasteiger partial charge is 0.324 e. The summed E-state index contributed by atoms with van der Waals surface area (Å²) in [6.45, 7) is 3.56. The Labute approximate surface area is 91.4 Å². The van der Waals surface area contributed by atoms with Gasteiger partial charge in [-0.05, 0) is 34.5 Å². The second kappa shape index (κ2) is 5.54. The van der Waals surface area contributed by atoms with Gasteiger partial charge in [0.25, 0.3) is 0 Å². The molecule has 1 rings (SSSR count). The van der Waals surface area contributed by atoms with Gasteiger partial charge in [-0.25, -0.2) is 4.98 Å². The number of anilines is 1. The van der Waals surface area contributed by atoms with Gasteiger partial charge in [0.15, 0.2) is 0 Å². The third-order valence-electron chi connectivity index (χ3n) is 1.61. The molecule has 1 amide bonds. The lowest BCUT2D eigenvalue weighted by atomic mass is 10.3. The Morgan fingerprint density at radius 2 is 2.50 bits per heavy atom. The van der Waals surface area contributed by atoms with Gasteiger partial charge in [0.2, 0.25) is 5.91 Å². The van der Waals surface area contributed by atoms with Crippen LogP contribution >= 0.6 is 15.9 Å². The molecule has 0 aliphatic heterocycles. The van der Waals surface area contributed by atoms with E-state index < -0.39 is 0 Å². The molecule has 0 saturated carbocycles. The predicted molar refractivity (Wildman–Crippen MR) is 60.0 cm³/mol. The highest BCUT2D eigenvalue weighted by Crippen LogP contribution is 2.18. The summed E-state index contributed by atoms with van der Waals surface area (Å²) in [5.74, 6) is -0.0291. The molecule has 0 aliphatic carbocycles. The second-order valence-electron chi connectivity index (χ2n) is 2.72. The maximum absolute atomic E-state index is 11.3. The topological polar surface area (TPSA) is 42.0 Å². The number of allylic oxidation sites excluding steroid dienone is 1. The summed E-state index contributed by atoms with van der Waals surface area (Å²) in [5, 5.41) is 2.75. The number of pyridine rings is 1. The summed E-state index contributed by atoms with van der Waals surface area (Å²) < 4.78 is 0.645. The van der Waals surface area contributed by atoms with Crippen molar-refractivity contribution in [2.45, 2.75) is 12.8 Å². The van der Waals surface area contributed by atoms with Crippen molar-refractivity contribution in [3.05, 3.63) is 35.6 Å². The minimum atomic E-state index is -0.0291. The molecule has 0 unspecified atom stereocenters. The van der Waals surface area contributed by atoms with Crippen LogP contribution in [0.25, 0.3) is 0 Å². The molecule has 0 radical (unpaired) electrons. The van der Waals surface area contributed by atoms with Gasteiger partial charge < -0.3 is 5.32 Å². The first-order chi connectivity index (χ1) is 6.74. The van der Waals surface area contributed by atoms with Crippen molar-refractivity contribution in [1.29, 1.82) is 0 Å².